The highest BCUT2D eigenvalue weighted by molar-refractivity contribution is 7.99. The number of benzene rings is 1. The maximum Gasteiger partial charge on any atom is 0.230 e. The fraction of sp³-hybridized carbons (Fsp3) is 0.429. The van der Waals surface area contributed by atoms with Crippen LogP contribution in [-0.2, 0) is 4.79 Å². The summed E-state index contributed by atoms with van der Waals surface area (Å²) in [6, 6.07) is 6.22. The number of carbonyl (C=O) groups excluding carboxylic acids is 1. The summed E-state index contributed by atoms with van der Waals surface area (Å²) in [5.74, 6) is 0.272. The van der Waals surface area contributed by atoms with E-state index in [1.54, 1.807) is 4.68 Å². The number of hydrogen-bond acceptors (Lipinski definition) is 5. The minimum atomic E-state index is -0.0230. The first-order valence-corrected chi connectivity index (χ1v) is 7.74. The minimum absolute atomic E-state index is 0.0230. The van der Waals surface area contributed by atoms with Crippen LogP contribution in [0.5, 0.6) is 0 Å². The summed E-state index contributed by atoms with van der Waals surface area (Å²) in [6.45, 7) is 7.93. The van der Waals surface area contributed by atoms with Crippen molar-refractivity contribution in [2.24, 2.45) is 0 Å². The van der Waals surface area contributed by atoms with E-state index in [1.807, 2.05) is 39.8 Å². The lowest BCUT2D eigenvalue weighted by atomic mass is 10.1. The molecule has 2 rings (SSSR count). The van der Waals surface area contributed by atoms with Crippen molar-refractivity contribution in [3.05, 3.63) is 29.3 Å². The summed E-state index contributed by atoms with van der Waals surface area (Å²) in [5.41, 5.74) is 3.21. The van der Waals surface area contributed by atoms with E-state index in [1.165, 1.54) is 17.3 Å². The normalized spacial score (nSPS) is 10.9. The third-order valence-electron chi connectivity index (χ3n) is 2.80. The van der Waals surface area contributed by atoms with Gasteiger partial charge >= 0.3 is 0 Å². The predicted molar refractivity (Wildman–Crippen MR) is 82.6 cm³/mol. The molecule has 0 radical (unpaired) electrons. The smallest absolute Gasteiger partial charge is 0.230 e. The van der Waals surface area contributed by atoms with Crippen LogP contribution in [0.2, 0.25) is 0 Å². The van der Waals surface area contributed by atoms with E-state index in [4.69, 9.17) is 0 Å². The molecular formula is C14H19N5OS. The van der Waals surface area contributed by atoms with E-state index in [0.29, 0.717) is 10.9 Å². The van der Waals surface area contributed by atoms with Gasteiger partial charge in [-0.25, -0.2) is 0 Å². The molecule has 1 heterocycles. The lowest BCUT2D eigenvalue weighted by Gasteiger charge is -2.09. The molecule has 0 saturated carbocycles. The Morgan fingerprint density at radius 2 is 2.14 bits per heavy atom. The Labute approximate surface area is 128 Å². The van der Waals surface area contributed by atoms with Gasteiger partial charge in [0.2, 0.25) is 11.1 Å². The topological polar surface area (TPSA) is 72.7 Å². The van der Waals surface area contributed by atoms with Crippen LogP contribution in [0.4, 0.5) is 0 Å². The molecule has 1 aromatic carbocycles. The molecule has 0 aliphatic heterocycles. The Morgan fingerprint density at radius 1 is 1.38 bits per heavy atom. The second-order valence-electron chi connectivity index (χ2n) is 5.17. The average Bonchev–Trinajstić information content (AvgIpc) is 2.83. The van der Waals surface area contributed by atoms with Crippen LogP contribution in [0.15, 0.2) is 23.4 Å². The fourth-order valence-corrected chi connectivity index (χ4v) is 2.65. The highest BCUT2D eigenvalue weighted by atomic mass is 32.2. The van der Waals surface area contributed by atoms with Gasteiger partial charge in [-0.3, -0.25) is 4.79 Å². The van der Waals surface area contributed by atoms with E-state index in [-0.39, 0.29) is 11.9 Å². The standard InChI is InChI=1S/C14H19N5OS/c1-9(2)15-13(20)8-21-14-16-17-18-19(14)12-6-5-10(3)7-11(12)4/h5-7,9H,8H2,1-4H3,(H,15,20). The second-order valence-corrected chi connectivity index (χ2v) is 6.12. The molecule has 7 heteroatoms. The van der Waals surface area contributed by atoms with Crippen molar-refractivity contribution in [1.29, 1.82) is 0 Å². The first kappa shape index (κ1) is 15.5. The Kier molecular flexibility index (Phi) is 4.95. The summed E-state index contributed by atoms with van der Waals surface area (Å²) in [5, 5.41) is 15.2. The van der Waals surface area contributed by atoms with Crippen LogP contribution >= 0.6 is 11.8 Å². The summed E-state index contributed by atoms with van der Waals surface area (Å²) in [7, 11) is 0. The Morgan fingerprint density at radius 3 is 2.81 bits per heavy atom. The first-order valence-electron chi connectivity index (χ1n) is 6.75. The van der Waals surface area contributed by atoms with Crippen molar-refractivity contribution in [3.8, 4) is 5.69 Å². The van der Waals surface area contributed by atoms with Crippen LogP contribution < -0.4 is 5.32 Å². The van der Waals surface area contributed by atoms with Crippen LogP contribution in [0, 0.1) is 13.8 Å². The number of rotatable bonds is 5. The lowest BCUT2D eigenvalue weighted by molar-refractivity contribution is -0.119. The molecule has 21 heavy (non-hydrogen) atoms. The van der Waals surface area contributed by atoms with Crippen molar-refractivity contribution < 1.29 is 4.79 Å². The maximum atomic E-state index is 11.7. The lowest BCUT2D eigenvalue weighted by Crippen LogP contribution is -2.31. The van der Waals surface area contributed by atoms with Gasteiger partial charge in [-0.2, -0.15) is 4.68 Å². The second kappa shape index (κ2) is 6.71. The molecule has 1 aromatic heterocycles. The molecule has 1 N–H and O–H groups in total. The number of nitrogens with zero attached hydrogens (tertiary/aromatic N) is 4. The van der Waals surface area contributed by atoms with Gasteiger partial charge in [-0.15, -0.1) is 5.10 Å². The van der Waals surface area contributed by atoms with Gasteiger partial charge in [0, 0.05) is 6.04 Å². The van der Waals surface area contributed by atoms with Crippen LogP contribution in [-0.4, -0.2) is 37.9 Å². The van der Waals surface area contributed by atoms with Crippen LogP contribution in [0.3, 0.4) is 0 Å². The monoisotopic (exact) mass is 305 g/mol. The van der Waals surface area contributed by atoms with Crippen molar-refractivity contribution in [2.45, 2.75) is 38.9 Å². The molecule has 0 aliphatic rings. The van der Waals surface area contributed by atoms with Gasteiger partial charge in [0.1, 0.15) is 0 Å². The van der Waals surface area contributed by atoms with E-state index in [0.717, 1.165) is 11.3 Å². The van der Waals surface area contributed by atoms with Gasteiger partial charge in [-0.05, 0) is 49.8 Å². The third-order valence-corrected chi connectivity index (χ3v) is 3.72. The zero-order valence-electron chi connectivity index (χ0n) is 12.6. The number of aryl methyl sites for hydroxylation is 2. The SMILES string of the molecule is Cc1ccc(-n2nnnc2SCC(=O)NC(C)C)c(C)c1. The van der Waals surface area contributed by atoms with Gasteiger partial charge in [0.25, 0.3) is 0 Å². The largest absolute Gasteiger partial charge is 0.353 e. The Bertz CT molecular complexity index is 638. The number of nitrogens with one attached hydrogen (secondary N) is 1. The van der Waals surface area contributed by atoms with Gasteiger partial charge in [0.05, 0.1) is 11.4 Å². The molecule has 0 fully saturated rings. The molecule has 112 valence electrons. The van der Waals surface area contributed by atoms with Gasteiger partial charge in [0.15, 0.2) is 0 Å². The van der Waals surface area contributed by atoms with Gasteiger partial charge < -0.3 is 5.32 Å². The van der Waals surface area contributed by atoms with Crippen molar-refractivity contribution in [3.63, 3.8) is 0 Å². The quantitative estimate of drug-likeness (QED) is 0.854. The molecule has 0 unspecified atom stereocenters. The van der Waals surface area contributed by atoms with Gasteiger partial charge in [-0.1, -0.05) is 29.5 Å². The summed E-state index contributed by atoms with van der Waals surface area (Å²) < 4.78 is 1.67. The van der Waals surface area contributed by atoms with E-state index in [2.05, 4.69) is 26.9 Å². The summed E-state index contributed by atoms with van der Waals surface area (Å²) in [6.07, 6.45) is 0. The molecule has 0 bridgehead atoms. The highest BCUT2D eigenvalue weighted by Gasteiger charge is 2.13. The molecule has 0 aliphatic carbocycles. The fourth-order valence-electron chi connectivity index (χ4n) is 1.96. The molecule has 1 amide bonds. The summed E-state index contributed by atoms with van der Waals surface area (Å²) >= 11 is 1.33. The third kappa shape index (κ3) is 4.04. The Balaban J connectivity index is 2.13. The highest BCUT2D eigenvalue weighted by Crippen LogP contribution is 2.21. The number of aromatic nitrogens is 4. The van der Waals surface area contributed by atoms with Crippen molar-refractivity contribution >= 4 is 17.7 Å². The van der Waals surface area contributed by atoms with E-state index >= 15 is 0 Å². The molecule has 0 spiro atoms. The molecule has 2 aromatic rings. The minimum Gasteiger partial charge on any atom is -0.353 e. The maximum absolute atomic E-state index is 11.7. The van der Waals surface area contributed by atoms with E-state index < -0.39 is 0 Å². The van der Waals surface area contributed by atoms with Crippen molar-refractivity contribution in [1.82, 2.24) is 25.5 Å². The predicted octanol–water partition coefficient (Wildman–Crippen LogP) is 1.90. The average molecular weight is 305 g/mol. The first-order chi connectivity index (χ1) is 9.97. The number of amides is 1. The molecule has 6 nitrogen and oxygen atoms in total. The number of carbonyl (C=O) groups is 1. The number of tetrazole rings is 1. The zero-order chi connectivity index (χ0) is 15.4. The molecular weight excluding hydrogens is 286 g/mol. The number of hydrogen-bond donors (Lipinski definition) is 1. The van der Waals surface area contributed by atoms with Crippen molar-refractivity contribution in [2.75, 3.05) is 5.75 Å². The summed E-state index contributed by atoms with van der Waals surface area (Å²) in [4.78, 5) is 11.7. The van der Waals surface area contributed by atoms with Crippen LogP contribution in [0.25, 0.3) is 5.69 Å². The zero-order valence-corrected chi connectivity index (χ0v) is 13.4. The molecule has 0 saturated heterocycles. The Hall–Kier alpha value is -1.89. The molecule has 0 atom stereocenters. The van der Waals surface area contributed by atoms with E-state index in [9.17, 15) is 4.79 Å². The van der Waals surface area contributed by atoms with Crippen LogP contribution in [0.1, 0.15) is 25.0 Å². The number of thioether (sulfide) groups is 1.